The number of carboxylic acids is 1. The number of hydrogen-bond donors (Lipinski definition) is 13. The van der Waals surface area contributed by atoms with E-state index in [0.29, 0.717) is 0 Å². The van der Waals surface area contributed by atoms with E-state index in [1.54, 1.807) is 47.7 Å². The second-order valence-electron chi connectivity index (χ2n) is 21.4. The average molecular weight is 1060 g/mol. The van der Waals surface area contributed by atoms with Crippen LogP contribution in [0.1, 0.15) is 115 Å². The number of H-pyrrole nitrogens is 1. The number of amides is 9. The molecule has 0 saturated heterocycles. The average Bonchev–Trinajstić information content (AvgIpc) is 3.72. The van der Waals surface area contributed by atoms with Crippen LogP contribution in [0.3, 0.4) is 0 Å². The first-order valence-corrected chi connectivity index (χ1v) is 25.8. The summed E-state index contributed by atoms with van der Waals surface area (Å²) in [6, 6.07) is -3.07. The molecule has 0 saturated carbocycles. The molecule has 0 spiro atoms. The second kappa shape index (κ2) is 30.1. The SMILES string of the molecule is CC(C)C[C@@H](NC(=O)[C@@H](C)CNC(=O)[C@@H](NC(=O)[C@@H](NC(=O)[C@@H](CC(C)C)NC(=O)[C@@H](N)Cc1c[nH]c2ccccc12)C(C)C)[C@@H](C)O)C(=O)N[C@H](C(=O)N[C@H](C)C(=O)N[C@H](C(=O)N[C@H](C)C(=O)O)C(C)C)C(C)C. The number of aromatic nitrogens is 1. The number of aliphatic hydroxyl groups excluding tert-OH is 1. The molecule has 0 aliphatic carbocycles. The van der Waals surface area contributed by atoms with Crippen LogP contribution in [-0.4, -0.2) is 141 Å². The molecular formula is C52H85N11O12. The van der Waals surface area contributed by atoms with Crippen molar-refractivity contribution in [3.05, 3.63) is 36.0 Å². The number of hydrogen-bond acceptors (Lipinski definition) is 12. The number of nitrogens with one attached hydrogen (secondary N) is 10. The Kier molecular flexibility index (Phi) is 25.9. The van der Waals surface area contributed by atoms with Crippen LogP contribution < -0.4 is 53.6 Å². The first kappa shape index (κ1) is 64.5. The molecular weight excluding hydrogens is 971 g/mol. The maximum absolute atomic E-state index is 13.8. The summed E-state index contributed by atoms with van der Waals surface area (Å²) in [7, 11) is 0. The normalized spacial score (nSPS) is 16.0. The quantitative estimate of drug-likeness (QED) is 0.0499. The number of aliphatic carboxylic acids is 1. The van der Waals surface area contributed by atoms with Crippen LogP contribution >= 0.6 is 0 Å². The zero-order chi connectivity index (χ0) is 57.2. The molecule has 0 aliphatic heterocycles. The molecule has 14 N–H and O–H groups in total. The van der Waals surface area contributed by atoms with Crippen molar-refractivity contribution < 1.29 is 58.2 Å². The number of nitrogens with two attached hydrogens (primary N) is 1. The van der Waals surface area contributed by atoms with E-state index in [-0.39, 0.29) is 37.6 Å². The van der Waals surface area contributed by atoms with Crippen LogP contribution in [0.5, 0.6) is 0 Å². The van der Waals surface area contributed by atoms with Crippen LogP contribution in [0.25, 0.3) is 10.9 Å². The van der Waals surface area contributed by atoms with E-state index < -0.39 is 143 Å². The molecule has 11 atom stereocenters. The highest BCUT2D eigenvalue weighted by atomic mass is 16.4. The maximum Gasteiger partial charge on any atom is 0.325 e. The van der Waals surface area contributed by atoms with Gasteiger partial charge in [0.1, 0.15) is 48.3 Å². The number of aromatic amines is 1. The monoisotopic (exact) mass is 1060 g/mol. The first-order chi connectivity index (χ1) is 34.9. The summed E-state index contributed by atoms with van der Waals surface area (Å²) in [6.45, 7) is 22.5. The third kappa shape index (κ3) is 20.6. The number of benzene rings is 1. The van der Waals surface area contributed by atoms with Crippen molar-refractivity contribution >= 4 is 70.0 Å². The molecule has 2 aromatic rings. The van der Waals surface area contributed by atoms with E-state index >= 15 is 0 Å². The molecule has 1 heterocycles. The Morgan fingerprint density at radius 2 is 0.933 bits per heavy atom. The van der Waals surface area contributed by atoms with Crippen molar-refractivity contribution in [1.29, 1.82) is 0 Å². The van der Waals surface area contributed by atoms with Gasteiger partial charge in [-0.05, 0) is 81.3 Å². The Balaban J connectivity index is 2.10. The summed E-state index contributed by atoms with van der Waals surface area (Å²) in [5.41, 5.74) is 8.04. The zero-order valence-corrected chi connectivity index (χ0v) is 46.0. The minimum Gasteiger partial charge on any atom is -0.480 e. The Morgan fingerprint density at radius 1 is 0.507 bits per heavy atom. The number of fused-ring (bicyclic) bond motifs is 1. The fraction of sp³-hybridized carbons (Fsp3) is 0.654. The molecule has 9 amide bonds. The van der Waals surface area contributed by atoms with Gasteiger partial charge in [-0.3, -0.25) is 47.9 Å². The summed E-state index contributed by atoms with van der Waals surface area (Å²) in [5, 5.41) is 44.1. The molecule has 0 aliphatic rings. The number of carboxylic acid groups (broad SMARTS) is 1. The standard InChI is InChI=1S/C52H85N11O12/c1-24(2)19-37(46(68)61-40(27(7)8)49(71)56-30(12)44(66)60-39(26(5)6)50(72)57-31(13)52(74)75)58-43(65)29(11)22-55-48(70)42(32(14)64)63-51(73)41(28(9)10)62-47(69)38(20-25(3)4)59-45(67)35(53)21-33-23-54-36-18-16-15-17-34(33)36/h15-18,23-32,35,37-42,54,64H,19-22,53H2,1-14H3,(H,55,70)(H,56,71)(H,57,72)(H,58,65)(H,59,67)(H,60,66)(H,61,68)(H,62,69)(H,63,73)(H,74,75)/t29-,30+,31+,32+,35-,37+,38+,39-,40-,41-,42-/m0/s1. The molecule has 75 heavy (non-hydrogen) atoms. The van der Waals surface area contributed by atoms with Gasteiger partial charge >= 0.3 is 5.97 Å². The largest absolute Gasteiger partial charge is 0.480 e. The van der Waals surface area contributed by atoms with Crippen molar-refractivity contribution in [2.24, 2.45) is 41.2 Å². The third-order valence-electron chi connectivity index (χ3n) is 12.4. The predicted octanol–water partition coefficient (Wildman–Crippen LogP) is 0.234. The minimum atomic E-state index is -1.53. The minimum absolute atomic E-state index is 0.0511. The Bertz CT molecular complexity index is 2300. The van der Waals surface area contributed by atoms with Gasteiger partial charge < -0.3 is 68.8 Å². The van der Waals surface area contributed by atoms with Crippen LogP contribution in [0.4, 0.5) is 0 Å². The highest BCUT2D eigenvalue weighted by Gasteiger charge is 2.36. The highest BCUT2D eigenvalue weighted by Crippen LogP contribution is 2.19. The van der Waals surface area contributed by atoms with Gasteiger partial charge in [0.15, 0.2) is 0 Å². The Hall–Kier alpha value is -6.62. The lowest BCUT2D eigenvalue weighted by Crippen LogP contribution is -2.61. The van der Waals surface area contributed by atoms with Gasteiger partial charge in [-0.2, -0.15) is 0 Å². The molecule has 23 nitrogen and oxygen atoms in total. The fourth-order valence-corrected chi connectivity index (χ4v) is 7.86. The van der Waals surface area contributed by atoms with Crippen LogP contribution in [0, 0.1) is 35.5 Å². The van der Waals surface area contributed by atoms with E-state index in [1.807, 2.05) is 52.0 Å². The molecule has 1 aromatic carbocycles. The maximum atomic E-state index is 13.8. The summed E-state index contributed by atoms with van der Waals surface area (Å²) in [6.07, 6.45) is 0.911. The second-order valence-corrected chi connectivity index (χ2v) is 21.4. The fourth-order valence-electron chi connectivity index (χ4n) is 7.86. The summed E-state index contributed by atoms with van der Waals surface area (Å²) < 4.78 is 0. The number of aliphatic hydroxyl groups is 1. The van der Waals surface area contributed by atoms with Crippen LogP contribution in [0.15, 0.2) is 30.5 Å². The van der Waals surface area contributed by atoms with Crippen molar-refractivity contribution in [3.63, 3.8) is 0 Å². The lowest BCUT2D eigenvalue weighted by Gasteiger charge is -2.29. The van der Waals surface area contributed by atoms with Gasteiger partial charge in [0, 0.05) is 23.6 Å². The summed E-state index contributed by atoms with van der Waals surface area (Å²) >= 11 is 0. The van der Waals surface area contributed by atoms with E-state index in [2.05, 4.69) is 52.8 Å². The Morgan fingerprint density at radius 3 is 1.39 bits per heavy atom. The predicted molar refractivity (Wildman–Crippen MR) is 282 cm³/mol. The number of rotatable bonds is 30. The van der Waals surface area contributed by atoms with Crippen molar-refractivity contribution in [1.82, 2.24) is 52.8 Å². The molecule has 0 fully saturated rings. The molecule has 23 heteroatoms. The molecule has 0 bridgehead atoms. The van der Waals surface area contributed by atoms with E-state index in [1.165, 1.54) is 27.7 Å². The highest BCUT2D eigenvalue weighted by molar-refractivity contribution is 5.97. The smallest absolute Gasteiger partial charge is 0.325 e. The lowest BCUT2D eigenvalue weighted by molar-refractivity contribution is -0.142. The zero-order valence-electron chi connectivity index (χ0n) is 46.0. The summed E-state index contributed by atoms with van der Waals surface area (Å²) in [4.78, 5) is 136. The van der Waals surface area contributed by atoms with Gasteiger partial charge in [0.25, 0.3) is 0 Å². The first-order valence-electron chi connectivity index (χ1n) is 25.8. The van der Waals surface area contributed by atoms with Crippen molar-refractivity contribution in [2.45, 2.75) is 177 Å². The molecule has 2 rings (SSSR count). The van der Waals surface area contributed by atoms with Gasteiger partial charge in [-0.15, -0.1) is 0 Å². The number of para-hydroxylation sites is 1. The van der Waals surface area contributed by atoms with Gasteiger partial charge in [-0.25, -0.2) is 0 Å². The van der Waals surface area contributed by atoms with Gasteiger partial charge in [-0.1, -0.05) is 94.4 Å². The van der Waals surface area contributed by atoms with E-state index in [0.717, 1.165) is 16.5 Å². The van der Waals surface area contributed by atoms with Crippen molar-refractivity contribution in [2.75, 3.05) is 6.54 Å². The number of carbonyl (C=O) groups excluding carboxylic acids is 9. The molecule has 0 radical (unpaired) electrons. The molecule has 420 valence electrons. The summed E-state index contributed by atoms with van der Waals surface area (Å²) in [5.74, 6) is -10.2. The van der Waals surface area contributed by atoms with Crippen molar-refractivity contribution in [3.8, 4) is 0 Å². The third-order valence-corrected chi connectivity index (χ3v) is 12.4. The molecule has 1 aromatic heterocycles. The Labute approximate surface area is 440 Å². The number of carbonyl (C=O) groups is 10. The van der Waals surface area contributed by atoms with E-state index in [4.69, 9.17) is 5.73 Å². The lowest BCUT2D eigenvalue weighted by atomic mass is 9.98. The van der Waals surface area contributed by atoms with Crippen LogP contribution in [-0.2, 0) is 54.4 Å². The van der Waals surface area contributed by atoms with Crippen LogP contribution in [0.2, 0.25) is 0 Å². The van der Waals surface area contributed by atoms with Gasteiger partial charge in [0.2, 0.25) is 53.2 Å². The van der Waals surface area contributed by atoms with Gasteiger partial charge in [0.05, 0.1) is 18.1 Å². The molecule has 0 unspecified atom stereocenters. The topological polar surface area (TPSA) is 361 Å². The van der Waals surface area contributed by atoms with E-state index in [9.17, 15) is 58.2 Å².